The van der Waals surface area contributed by atoms with Crippen LogP contribution in [-0.2, 0) is 6.54 Å². The van der Waals surface area contributed by atoms with Crippen molar-refractivity contribution < 1.29 is 18.9 Å². The van der Waals surface area contributed by atoms with E-state index in [4.69, 9.17) is 5.32 Å². The van der Waals surface area contributed by atoms with Crippen molar-refractivity contribution in [2.45, 2.75) is 31.8 Å². The molecule has 3 rings (SSSR count). The minimum Gasteiger partial charge on any atom is -0.651 e. The van der Waals surface area contributed by atoms with E-state index in [0.717, 1.165) is 13.1 Å². The van der Waals surface area contributed by atoms with Crippen molar-refractivity contribution in [3.05, 3.63) is 77.1 Å². The van der Waals surface area contributed by atoms with Crippen LogP contribution in [0.1, 0.15) is 36.4 Å². The van der Waals surface area contributed by atoms with E-state index in [0.29, 0.717) is 0 Å². The van der Waals surface area contributed by atoms with Crippen molar-refractivity contribution in [3.63, 3.8) is 0 Å². The summed E-state index contributed by atoms with van der Waals surface area (Å²) < 4.78 is 0. The van der Waals surface area contributed by atoms with Gasteiger partial charge in [0.25, 0.3) is 0 Å². The number of rotatable bonds is 6. The smallest absolute Gasteiger partial charge is 0.651 e. The Balaban J connectivity index is 0.00000192. The summed E-state index contributed by atoms with van der Waals surface area (Å²) >= 11 is 0. The quantitative estimate of drug-likeness (QED) is 0.744. The second kappa shape index (κ2) is 9.95. The Labute approximate surface area is 152 Å². The van der Waals surface area contributed by atoms with E-state index in [1.165, 1.54) is 43.5 Å². The third kappa shape index (κ3) is 5.83. The fraction of sp³-hybridized carbons (Fsp3) is 0.400. The van der Waals surface area contributed by atoms with Gasteiger partial charge in [0, 0.05) is 0 Å². The molecule has 0 amide bonds. The zero-order valence-corrected chi connectivity index (χ0v) is 14.2. The number of benzene rings is 2. The molecule has 23 heavy (non-hydrogen) atoms. The summed E-state index contributed by atoms with van der Waals surface area (Å²) in [4.78, 5) is 2.58. The third-order valence-electron chi connectivity index (χ3n) is 4.40. The molecule has 0 radical (unpaired) electrons. The Bertz CT molecular complexity index is 538. The first-order valence-electron chi connectivity index (χ1n) is 8.39. The van der Waals surface area contributed by atoms with Gasteiger partial charge in [-0.25, -0.2) is 0 Å². The van der Waals surface area contributed by atoms with Crippen LogP contribution in [-0.4, -0.2) is 24.5 Å². The first-order valence-corrected chi connectivity index (χ1v) is 8.39. The number of nitrogens with zero attached hydrogens (tertiary/aromatic N) is 2. The number of likely N-dealkylation sites (tertiary alicyclic amines) is 1. The molecule has 2 aromatic rings. The first kappa shape index (κ1) is 18.3. The van der Waals surface area contributed by atoms with Crippen molar-refractivity contribution in [2.24, 2.45) is 0 Å². The fourth-order valence-electron chi connectivity index (χ4n) is 3.13. The van der Waals surface area contributed by atoms with Crippen LogP contribution in [0.15, 0.2) is 60.7 Å². The maximum atomic E-state index is 5.02. The summed E-state index contributed by atoms with van der Waals surface area (Å²) in [6.07, 6.45) is 4.05. The summed E-state index contributed by atoms with van der Waals surface area (Å²) in [6.45, 7) is 4.31. The standard InChI is InChI=1S/C20H25N2.Li/c1-4-10-18(11-5-1)16-21-20(19-12-6-2-7-13-19)17-22-14-8-3-9-15-22;/h1-2,4-7,10-13,20H,3,8-9,14-17H2;/q-1;+1. The fourth-order valence-corrected chi connectivity index (χ4v) is 3.13. The van der Waals surface area contributed by atoms with E-state index < -0.39 is 0 Å². The predicted octanol–water partition coefficient (Wildman–Crippen LogP) is 1.79. The van der Waals surface area contributed by atoms with Gasteiger partial charge >= 0.3 is 18.9 Å². The molecule has 0 aromatic heterocycles. The molecule has 1 heterocycles. The maximum absolute atomic E-state index is 5.02. The molecular formula is C20H25LiN2. The van der Waals surface area contributed by atoms with Gasteiger partial charge in [-0.05, 0) is 32.5 Å². The van der Waals surface area contributed by atoms with E-state index in [1.54, 1.807) is 0 Å². The molecular weight excluding hydrogens is 275 g/mol. The predicted molar refractivity (Wildman–Crippen MR) is 93.0 cm³/mol. The van der Waals surface area contributed by atoms with Gasteiger partial charge in [0.15, 0.2) is 0 Å². The van der Waals surface area contributed by atoms with Gasteiger partial charge in [-0.3, -0.25) is 0 Å². The largest absolute Gasteiger partial charge is 1.00 e. The molecule has 1 unspecified atom stereocenters. The molecule has 116 valence electrons. The van der Waals surface area contributed by atoms with Crippen LogP contribution < -0.4 is 18.9 Å². The molecule has 0 N–H and O–H groups in total. The van der Waals surface area contributed by atoms with E-state index in [2.05, 4.69) is 65.6 Å². The molecule has 2 nitrogen and oxygen atoms in total. The molecule has 1 saturated heterocycles. The summed E-state index contributed by atoms with van der Waals surface area (Å²) in [6, 6.07) is 21.6. The normalized spacial score (nSPS) is 16.5. The van der Waals surface area contributed by atoms with Crippen LogP contribution in [0.4, 0.5) is 0 Å². The van der Waals surface area contributed by atoms with Gasteiger partial charge in [0.2, 0.25) is 0 Å². The summed E-state index contributed by atoms with van der Waals surface area (Å²) in [5, 5.41) is 5.02. The molecule has 2 aromatic carbocycles. The van der Waals surface area contributed by atoms with Gasteiger partial charge in [0.1, 0.15) is 0 Å². The molecule has 0 spiro atoms. The first-order chi connectivity index (χ1) is 10.9. The Kier molecular flexibility index (Phi) is 7.92. The van der Waals surface area contributed by atoms with Crippen molar-refractivity contribution >= 4 is 0 Å². The minimum absolute atomic E-state index is 0. The topological polar surface area (TPSA) is 17.3 Å². The molecule has 0 aliphatic carbocycles. The number of hydrogen-bond acceptors (Lipinski definition) is 1. The van der Waals surface area contributed by atoms with Gasteiger partial charge in [-0.2, -0.15) is 0 Å². The Hall–Kier alpha value is -1.04. The maximum Gasteiger partial charge on any atom is 1.00 e. The van der Waals surface area contributed by atoms with Gasteiger partial charge < -0.3 is 10.2 Å². The zero-order chi connectivity index (χ0) is 15.0. The van der Waals surface area contributed by atoms with Gasteiger partial charge in [-0.1, -0.05) is 84.3 Å². The molecule has 1 atom stereocenters. The van der Waals surface area contributed by atoms with Crippen molar-refractivity contribution in [1.29, 1.82) is 0 Å². The molecule has 0 bridgehead atoms. The minimum atomic E-state index is 0. The van der Waals surface area contributed by atoms with Crippen LogP contribution in [0.2, 0.25) is 0 Å². The zero-order valence-electron chi connectivity index (χ0n) is 14.2. The summed E-state index contributed by atoms with van der Waals surface area (Å²) in [5.41, 5.74) is 2.63. The Morgan fingerprint density at radius 3 is 2.09 bits per heavy atom. The average Bonchev–Trinajstić information content (AvgIpc) is 2.61. The molecule has 3 heteroatoms. The third-order valence-corrected chi connectivity index (χ3v) is 4.40. The van der Waals surface area contributed by atoms with E-state index in [1.807, 2.05) is 0 Å². The van der Waals surface area contributed by atoms with Crippen molar-refractivity contribution in [3.8, 4) is 0 Å². The Morgan fingerprint density at radius 2 is 1.43 bits per heavy atom. The van der Waals surface area contributed by atoms with Gasteiger partial charge in [0.05, 0.1) is 0 Å². The van der Waals surface area contributed by atoms with Crippen molar-refractivity contribution in [2.75, 3.05) is 19.6 Å². The molecule has 1 aliphatic rings. The van der Waals surface area contributed by atoms with Crippen LogP contribution in [0.25, 0.3) is 5.32 Å². The van der Waals surface area contributed by atoms with E-state index in [9.17, 15) is 0 Å². The molecule has 0 saturated carbocycles. The number of piperidine rings is 1. The van der Waals surface area contributed by atoms with Crippen LogP contribution in [0.5, 0.6) is 0 Å². The van der Waals surface area contributed by atoms with Crippen molar-refractivity contribution in [1.82, 2.24) is 4.90 Å². The van der Waals surface area contributed by atoms with Crippen LogP contribution in [0, 0.1) is 0 Å². The van der Waals surface area contributed by atoms with Gasteiger partial charge in [-0.15, -0.1) is 6.54 Å². The summed E-state index contributed by atoms with van der Waals surface area (Å²) in [5.74, 6) is 0. The van der Waals surface area contributed by atoms with Crippen LogP contribution in [0.3, 0.4) is 0 Å². The Morgan fingerprint density at radius 1 is 0.826 bits per heavy atom. The molecule has 1 fully saturated rings. The molecule has 1 aliphatic heterocycles. The monoisotopic (exact) mass is 300 g/mol. The average molecular weight is 300 g/mol. The van der Waals surface area contributed by atoms with E-state index in [-0.39, 0.29) is 24.9 Å². The second-order valence-corrected chi connectivity index (χ2v) is 6.11. The number of hydrogen-bond donors (Lipinski definition) is 0. The van der Waals surface area contributed by atoms with Crippen LogP contribution >= 0.6 is 0 Å². The summed E-state index contributed by atoms with van der Waals surface area (Å²) in [7, 11) is 0. The SMILES string of the molecule is [Li+].c1ccc(C[N-]C(CN2CCCCC2)c2ccccc2)cc1. The van der Waals surface area contributed by atoms with E-state index >= 15 is 0 Å². The second-order valence-electron chi connectivity index (χ2n) is 6.11.